The quantitative estimate of drug-likeness (QED) is 0.554. The number of carbonyl (C=O) groups is 1. The van der Waals surface area contributed by atoms with Crippen molar-refractivity contribution in [3.8, 4) is 0 Å². The molecule has 0 amide bonds. The van der Waals surface area contributed by atoms with E-state index in [-0.39, 0.29) is 11.9 Å². The van der Waals surface area contributed by atoms with Crippen LogP contribution < -0.4 is 5.32 Å². The van der Waals surface area contributed by atoms with Crippen molar-refractivity contribution in [2.45, 2.75) is 18.9 Å². The molecule has 0 saturated carbocycles. The Bertz CT molecular complexity index is 160. The molecule has 0 aromatic carbocycles. The smallest absolute Gasteiger partial charge is 0.305 e. The first-order chi connectivity index (χ1) is 5.74. The number of piperidine rings is 1. The summed E-state index contributed by atoms with van der Waals surface area (Å²) in [4.78, 5) is 10.9. The van der Waals surface area contributed by atoms with E-state index in [1.165, 1.54) is 7.11 Å². The lowest BCUT2D eigenvalue weighted by Crippen LogP contribution is -2.41. The van der Waals surface area contributed by atoms with Crippen molar-refractivity contribution in [2.24, 2.45) is 5.92 Å². The fourth-order valence-corrected chi connectivity index (χ4v) is 1.43. The van der Waals surface area contributed by atoms with E-state index in [4.69, 9.17) is 0 Å². The van der Waals surface area contributed by atoms with Gasteiger partial charge in [-0.05, 0) is 18.9 Å². The van der Waals surface area contributed by atoms with Crippen LogP contribution in [0.2, 0.25) is 0 Å². The van der Waals surface area contributed by atoms with E-state index in [9.17, 15) is 9.90 Å². The molecule has 0 spiro atoms. The topological polar surface area (TPSA) is 58.6 Å². The molecule has 4 nitrogen and oxygen atoms in total. The second-order valence-corrected chi connectivity index (χ2v) is 3.10. The van der Waals surface area contributed by atoms with Gasteiger partial charge in [0.05, 0.1) is 19.6 Å². The number of hydrogen-bond acceptors (Lipinski definition) is 4. The summed E-state index contributed by atoms with van der Waals surface area (Å²) in [5.74, 6) is -0.167. The van der Waals surface area contributed by atoms with E-state index in [2.05, 4.69) is 10.1 Å². The number of hydrogen-bond donors (Lipinski definition) is 2. The van der Waals surface area contributed by atoms with Gasteiger partial charge in [-0.15, -0.1) is 0 Å². The maximum absolute atomic E-state index is 10.9. The largest absolute Gasteiger partial charge is 0.469 e. The summed E-state index contributed by atoms with van der Waals surface area (Å²) in [6, 6.07) is 0. The Labute approximate surface area is 71.9 Å². The lowest BCUT2D eigenvalue weighted by atomic mass is 9.92. The van der Waals surface area contributed by atoms with Gasteiger partial charge < -0.3 is 15.2 Å². The summed E-state index contributed by atoms with van der Waals surface area (Å²) >= 11 is 0. The van der Waals surface area contributed by atoms with Gasteiger partial charge in [0.1, 0.15) is 0 Å². The maximum atomic E-state index is 10.9. The number of β-amino-alcohol motifs (C(OH)–C–C–N with tert-alkyl or cyclic N) is 1. The van der Waals surface area contributed by atoms with E-state index >= 15 is 0 Å². The molecule has 1 rings (SSSR count). The predicted molar refractivity (Wildman–Crippen MR) is 43.6 cm³/mol. The van der Waals surface area contributed by atoms with Gasteiger partial charge in [-0.25, -0.2) is 0 Å². The summed E-state index contributed by atoms with van der Waals surface area (Å²) in [5.41, 5.74) is 0. The molecule has 1 fully saturated rings. The van der Waals surface area contributed by atoms with Crippen LogP contribution >= 0.6 is 0 Å². The molecular weight excluding hydrogens is 158 g/mol. The third-order valence-electron chi connectivity index (χ3n) is 2.25. The van der Waals surface area contributed by atoms with Crippen LogP contribution in [0.3, 0.4) is 0 Å². The van der Waals surface area contributed by atoms with Gasteiger partial charge in [0, 0.05) is 6.54 Å². The zero-order valence-electron chi connectivity index (χ0n) is 7.25. The Balaban J connectivity index is 2.33. The SMILES string of the molecule is COC(=O)C[C@H]1CCNC[C@H]1O. The first-order valence-corrected chi connectivity index (χ1v) is 4.19. The van der Waals surface area contributed by atoms with Gasteiger partial charge in [0.25, 0.3) is 0 Å². The Kier molecular flexibility index (Phi) is 3.49. The van der Waals surface area contributed by atoms with Crippen LogP contribution in [-0.4, -0.2) is 37.4 Å². The van der Waals surface area contributed by atoms with E-state index in [1.54, 1.807) is 0 Å². The molecule has 12 heavy (non-hydrogen) atoms. The van der Waals surface area contributed by atoms with Crippen molar-refractivity contribution < 1.29 is 14.6 Å². The zero-order valence-corrected chi connectivity index (χ0v) is 7.25. The first kappa shape index (κ1) is 9.48. The summed E-state index contributed by atoms with van der Waals surface area (Å²) in [5, 5.41) is 12.5. The fourth-order valence-electron chi connectivity index (χ4n) is 1.43. The third-order valence-corrected chi connectivity index (χ3v) is 2.25. The van der Waals surface area contributed by atoms with Crippen LogP contribution in [0.25, 0.3) is 0 Å². The van der Waals surface area contributed by atoms with E-state index in [0.717, 1.165) is 13.0 Å². The van der Waals surface area contributed by atoms with Gasteiger partial charge in [0.2, 0.25) is 0 Å². The molecule has 1 aliphatic heterocycles. The van der Waals surface area contributed by atoms with Gasteiger partial charge in [-0.3, -0.25) is 4.79 Å². The first-order valence-electron chi connectivity index (χ1n) is 4.19. The van der Waals surface area contributed by atoms with Crippen LogP contribution in [0.1, 0.15) is 12.8 Å². The van der Waals surface area contributed by atoms with Crippen LogP contribution in [0.4, 0.5) is 0 Å². The molecule has 1 heterocycles. The van der Waals surface area contributed by atoms with Crippen molar-refractivity contribution in [3.63, 3.8) is 0 Å². The van der Waals surface area contributed by atoms with Crippen molar-refractivity contribution >= 4 is 5.97 Å². The van der Waals surface area contributed by atoms with Crippen molar-refractivity contribution in [2.75, 3.05) is 20.2 Å². The third kappa shape index (κ3) is 2.46. The number of nitrogens with one attached hydrogen (secondary N) is 1. The fraction of sp³-hybridized carbons (Fsp3) is 0.875. The number of aliphatic hydroxyl groups excluding tert-OH is 1. The molecule has 0 unspecified atom stereocenters. The van der Waals surface area contributed by atoms with Crippen LogP contribution in [-0.2, 0) is 9.53 Å². The number of carbonyl (C=O) groups excluding carboxylic acids is 1. The normalized spacial score (nSPS) is 29.8. The number of methoxy groups -OCH3 is 1. The number of aliphatic hydroxyl groups is 1. The van der Waals surface area contributed by atoms with Gasteiger partial charge >= 0.3 is 5.97 Å². The highest BCUT2D eigenvalue weighted by molar-refractivity contribution is 5.69. The van der Waals surface area contributed by atoms with Crippen LogP contribution in [0, 0.1) is 5.92 Å². The standard InChI is InChI=1S/C8H15NO3/c1-12-8(11)4-6-2-3-9-5-7(6)10/h6-7,9-10H,2-5H2,1H3/t6-,7-/m1/s1. The monoisotopic (exact) mass is 173 g/mol. The Morgan fingerprint density at radius 2 is 2.50 bits per heavy atom. The Morgan fingerprint density at radius 3 is 3.08 bits per heavy atom. The lowest BCUT2D eigenvalue weighted by Gasteiger charge is -2.27. The molecule has 4 heteroatoms. The van der Waals surface area contributed by atoms with Crippen LogP contribution in [0.5, 0.6) is 0 Å². The zero-order chi connectivity index (χ0) is 8.97. The maximum Gasteiger partial charge on any atom is 0.305 e. The molecule has 0 aliphatic carbocycles. The highest BCUT2D eigenvalue weighted by Crippen LogP contribution is 2.16. The van der Waals surface area contributed by atoms with E-state index in [1.807, 2.05) is 0 Å². The molecule has 2 atom stereocenters. The average Bonchev–Trinajstić information content (AvgIpc) is 2.09. The van der Waals surface area contributed by atoms with E-state index in [0.29, 0.717) is 13.0 Å². The minimum Gasteiger partial charge on any atom is -0.469 e. The van der Waals surface area contributed by atoms with Crippen molar-refractivity contribution in [1.29, 1.82) is 0 Å². The Hall–Kier alpha value is -0.610. The molecule has 0 bridgehead atoms. The molecular formula is C8H15NO3. The molecule has 0 radical (unpaired) electrons. The minimum atomic E-state index is -0.405. The molecule has 1 saturated heterocycles. The molecule has 1 aliphatic rings. The average molecular weight is 173 g/mol. The molecule has 0 aromatic heterocycles. The van der Waals surface area contributed by atoms with Crippen molar-refractivity contribution in [1.82, 2.24) is 5.32 Å². The Morgan fingerprint density at radius 1 is 1.75 bits per heavy atom. The number of esters is 1. The highest BCUT2D eigenvalue weighted by Gasteiger charge is 2.25. The van der Waals surface area contributed by atoms with Gasteiger partial charge in [-0.2, -0.15) is 0 Å². The van der Waals surface area contributed by atoms with Gasteiger partial charge in [-0.1, -0.05) is 0 Å². The number of ether oxygens (including phenoxy) is 1. The van der Waals surface area contributed by atoms with Crippen molar-refractivity contribution in [3.05, 3.63) is 0 Å². The molecule has 2 N–H and O–H groups in total. The lowest BCUT2D eigenvalue weighted by molar-refractivity contribution is -0.143. The van der Waals surface area contributed by atoms with E-state index < -0.39 is 6.10 Å². The second-order valence-electron chi connectivity index (χ2n) is 3.10. The summed E-state index contributed by atoms with van der Waals surface area (Å²) in [7, 11) is 1.37. The molecule has 70 valence electrons. The highest BCUT2D eigenvalue weighted by atomic mass is 16.5. The summed E-state index contributed by atoms with van der Waals surface area (Å²) in [6.45, 7) is 1.46. The second kappa shape index (κ2) is 4.42. The summed E-state index contributed by atoms with van der Waals surface area (Å²) in [6.07, 6.45) is 0.771. The minimum absolute atomic E-state index is 0.0682. The number of rotatable bonds is 2. The molecule has 0 aromatic rings. The predicted octanol–water partition coefficient (Wildman–Crippen LogP) is -0.480. The van der Waals surface area contributed by atoms with Gasteiger partial charge in [0.15, 0.2) is 0 Å². The van der Waals surface area contributed by atoms with Crippen LogP contribution in [0.15, 0.2) is 0 Å². The summed E-state index contributed by atoms with van der Waals surface area (Å²) < 4.78 is 4.53.